The number of nitrogens with one attached hydrogen (secondary N) is 1. The van der Waals surface area contributed by atoms with E-state index in [0.717, 1.165) is 24.7 Å². The molecule has 0 spiro atoms. The van der Waals surface area contributed by atoms with E-state index in [1.54, 1.807) is 0 Å². The fourth-order valence-corrected chi connectivity index (χ4v) is 2.17. The molecule has 88 valence electrons. The minimum absolute atomic E-state index is 0.887. The van der Waals surface area contributed by atoms with Crippen molar-refractivity contribution in [3.05, 3.63) is 29.3 Å². The van der Waals surface area contributed by atoms with Gasteiger partial charge >= 0.3 is 0 Å². The number of anilines is 1. The molecule has 1 aromatic carbocycles. The molecule has 0 unspecified atom stereocenters. The molecule has 16 heavy (non-hydrogen) atoms. The van der Waals surface area contributed by atoms with Crippen molar-refractivity contribution in [1.29, 1.82) is 0 Å². The van der Waals surface area contributed by atoms with Gasteiger partial charge in [0.25, 0.3) is 0 Å². The quantitative estimate of drug-likeness (QED) is 0.589. The van der Waals surface area contributed by atoms with Crippen molar-refractivity contribution in [2.45, 2.75) is 39.2 Å². The normalized spacial score (nSPS) is 16.1. The van der Waals surface area contributed by atoms with Gasteiger partial charge in [-0.1, -0.05) is 31.4 Å². The molecular formula is C14H22N2. The van der Waals surface area contributed by atoms with Gasteiger partial charge in [0.1, 0.15) is 0 Å². The second-order valence-electron chi connectivity index (χ2n) is 4.95. The molecule has 0 heterocycles. The van der Waals surface area contributed by atoms with E-state index in [4.69, 9.17) is 5.73 Å². The molecule has 2 heteroatoms. The van der Waals surface area contributed by atoms with Gasteiger partial charge < -0.3 is 11.1 Å². The van der Waals surface area contributed by atoms with Gasteiger partial charge in [0.05, 0.1) is 0 Å². The monoisotopic (exact) mass is 218 g/mol. The third-order valence-electron chi connectivity index (χ3n) is 3.62. The Morgan fingerprint density at radius 1 is 1.38 bits per heavy atom. The smallest absolute Gasteiger partial charge is 0.0343 e. The fraction of sp³-hybridized carbons (Fsp3) is 0.571. The Bertz CT molecular complexity index is 343. The minimum Gasteiger partial charge on any atom is -0.399 e. The lowest BCUT2D eigenvalue weighted by molar-refractivity contribution is 0.292. The van der Waals surface area contributed by atoms with E-state index < -0.39 is 0 Å². The molecule has 0 saturated heterocycles. The third-order valence-corrected chi connectivity index (χ3v) is 3.62. The van der Waals surface area contributed by atoms with Gasteiger partial charge in [0.15, 0.2) is 0 Å². The van der Waals surface area contributed by atoms with Gasteiger partial charge in [0.2, 0.25) is 0 Å². The lowest BCUT2D eigenvalue weighted by Crippen LogP contribution is -2.21. The fourth-order valence-electron chi connectivity index (χ4n) is 2.17. The second-order valence-corrected chi connectivity index (χ2v) is 4.95. The van der Waals surface area contributed by atoms with E-state index >= 15 is 0 Å². The highest BCUT2D eigenvalue weighted by Gasteiger charge is 2.15. The zero-order chi connectivity index (χ0) is 11.4. The average molecular weight is 218 g/mol. The van der Waals surface area contributed by atoms with E-state index in [-0.39, 0.29) is 0 Å². The summed E-state index contributed by atoms with van der Waals surface area (Å²) in [6.07, 6.45) is 5.68. The Kier molecular flexibility index (Phi) is 3.83. The van der Waals surface area contributed by atoms with Crippen molar-refractivity contribution in [2.24, 2.45) is 5.92 Å². The highest BCUT2D eigenvalue weighted by molar-refractivity contribution is 5.47. The average Bonchev–Trinajstić information content (AvgIpc) is 2.20. The summed E-state index contributed by atoms with van der Waals surface area (Å²) in [5.41, 5.74) is 9.19. The molecule has 2 nitrogen and oxygen atoms in total. The summed E-state index contributed by atoms with van der Waals surface area (Å²) in [7, 11) is 0. The molecule has 0 aliphatic heterocycles. The standard InChI is InChI=1S/C14H22N2/c1-11-9-13(5-6-14(11)15)10-16-8-7-12-3-2-4-12/h5-6,9,12,16H,2-4,7-8,10,15H2,1H3. The summed E-state index contributed by atoms with van der Waals surface area (Å²) in [6, 6.07) is 6.28. The summed E-state index contributed by atoms with van der Waals surface area (Å²) < 4.78 is 0. The van der Waals surface area contributed by atoms with Crippen LogP contribution in [0, 0.1) is 12.8 Å². The number of nitrogen functional groups attached to an aromatic ring is 1. The molecule has 1 saturated carbocycles. The zero-order valence-electron chi connectivity index (χ0n) is 10.1. The molecule has 3 N–H and O–H groups in total. The maximum absolute atomic E-state index is 5.79. The van der Waals surface area contributed by atoms with Crippen molar-refractivity contribution in [3.8, 4) is 0 Å². The number of benzene rings is 1. The zero-order valence-corrected chi connectivity index (χ0v) is 10.1. The van der Waals surface area contributed by atoms with Gasteiger partial charge in [-0.3, -0.25) is 0 Å². The highest BCUT2D eigenvalue weighted by Crippen LogP contribution is 2.28. The minimum atomic E-state index is 0.887. The molecule has 0 atom stereocenters. The molecule has 0 bridgehead atoms. The van der Waals surface area contributed by atoms with Crippen molar-refractivity contribution >= 4 is 5.69 Å². The largest absolute Gasteiger partial charge is 0.399 e. The predicted octanol–water partition coefficient (Wildman–Crippen LogP) is 2.86. The molecule has 1 fully saturated rings. The summed E-state index contributed by atoms with van der Waals surface area (Å²) in [5.74, 6) is 1.00. The van der Waals surface area contributed by atoms with Crippen LogP contribution in [0.5, 0.6) is 0 Å². The van der Waals surface area contributed by atoms with Crippen LogP contribution in [0.3, 0.4) is 0 Å². The van der Waals surface area contributed by atoms with Crippen molar-refractivity contribution < 1.29 is 0 Å². The lowest BCUT2D eigenvalue weighted by Gasteiger charge is -2.25. The van der Waals surface area contributed by atoms with Gasteiger partial charge in [-0.25, -0.2) is 0 Å². The summed E-state index contributed by atoms with van der Waals surface area (Å²) in [6.45, 7) is 4.18. The van der Waals surface area contributed by atoms with Crippen LogP contribution in [0.4, 0.5) is 5.69 Å². The molecule has 1 aromatic rings. The van der Waals surface area contributed by atoms with E-state index in [1.165, 1.54) is 36.8 Å². The topological polar surface area (TPSA) is 38.0 Å². The van der Waals surface area contributed by atoms with Crippen LogP contribution in [0.1, 0.15) is 36.8 Å². The van der Waals surface area contributed by atoms with Gasteiger partial charge in [-0.2, -0.15) is 0 Å². The van der Waals surface area contributed by atoms with Crippen molar-refractivity contribution in [2.75, 3.05) is 12.3 Å². The maximum Gasteiger partial charge on any atom is 0.0343 e. The third kappa shape index (κ3) is 2.99. The van der Waals surface area contributed by atoms with E-state index in [9.17, 15) is 0 Å². The Morgan fingerprint density at radius 2 is 2.19 bits per heavy atom. The second kappa shape index (κ2) is 5.35. The first-order chi connectivity index (χ1) is 7.75. The number of rotatable bonds is 5. The summed E-state index contributed by atoms with van der Waals surface area (Å²) >= 11 is 0. The molecule has 0 radical (unpaired) electrons. The Morgan fingerprint density at radius 3 is 2.81 bits per heavy atom. The van der Waals surface area contributed by atoms with Crippen LogP contribution >= 0.6 is 0 Å². The predicted molar refractivity (Wildman–Crippen MR) is 69.3 cm³/mol. The highest BCUT2D eigenvalue weighted by atomic mass is 14.8. The van der Waals surface area contributed by atoms with Crippen LogP contribution in [-0.4, -0.2) is 6.54 Å². The maximum atomic E-state index is 5.79. The van der Waals surface area contributed by atoms with Crippen LogP contribution < -0.4 is 11.1 Å². The number of aryl methyl sites for hydroxylation is 1. The summed E-state index contributed by atoms with van der Waals surface area (Å²) in [4.78, 5) is 0. The lowest BCUT2D eigenvalue weighted by atomic mass is 9.83. The van der Waals surface area contributed by atoms with Crippen LogP contribution in [-0.2, 0) is 6.54 Å². The van der Waals surface area contributed by atoms with Gasteiger partial charge in [-0.05, 0) is 43.0 Å². The van der Waals surface area contributed by atoms with Crippen molar-refractivity contribution in [1.82, 2.24) is 5.32 Å². The number of hydrogen-bond donors (Lipinski definition) is 2. The SMILES string of the molecule is Cc1cc(CNCCC2CCC2)ccc1N. The molecule has 1 aliphatic carbocycles. The molecule has 2 rings (SSSR count). The Balaban J connectivity index is 1.69. The van der Waals surface area contributed by atoms with Crippen LogP contribution in [0.2, 0.25) is 0 Å². The first-order valence-corrected chi connectivity index (χ1v) is 6.31. The number of nitrogens with two attached hydrogens (primary N) is 1. The molecule has 1 aliphatic rings. The summed E-state index contributed by atoms with van der Waals surface area (Å²) in [5, 5.41) is 3.51. The first kappa shape index (κ1) is 11.5. The number of hydrogen-bond acceptors (Lipinski definition) is 2. The van der Waals surface area contributed by atoms with Crippen LogP contribution in [0.15, 0.2) is 18.2 Å². The molecule has 0 amide bonds. The van der Waals surface area contributed by atoms with Gasteiger partial charge in [0, 0.05) is 12.2 Å². The van der Waals surface area contributed by atoms with Gasteiger partial charge in [-0.15, -0.1) is 0 Å². The van der Waals surface area contributed by atoms with Crippen molar-refractivity contribution in [3.63, 3.8) is 0 Å². The van der Waals surface area contributed by atoms with E-state index in [0.29, 0.717) is 0 Å². The van der Waals surface area contributed by atoms with E-state index in [2.05, 4.69) is 24.4 Å². The molecule has 0 aromatic heterocycles. The Hall–Kier alpha value is -1.02. The Labute approximate surface area is 98.2 Å². The molecular weight excluding hydrogens is 196 g/mol. The van der Waals surface area contributed by atoms with E-state index in [1.807, 2.05) is 6.07 Å². The van der Waals surface area contributed by atoms with Crippen LogP contribution in [0.25, 0.3) is 0 Å². The first-order valence-electron chi connectivity index (χ1n) is 6.31.